The molecular weight excluding hydrogens is 574 g/mol. The number of para-hydroxylation sites is 1. The second-order valence-electron chi connectivity index (χ2n) is 10.8. The highest BCUT2D eigenvalue weighted by Gasteiger charge is 2.15. The lowest BCUT2D eigenvalue weighted by Crippen LogP contribution is -2.28. The molecule has 0 spiro atoms. The number of benzene rings is 3. The van der Waals surface area contributed by atoms with Crippen molar-refractivity contribution in [2.45, 2.75) is 26.7 Å². The van der Waals surface area contributed by atoms with Crippen LogP contribution in [-0.4, -0.2) is 38.1 Å². The highest BCUT2D eigenvalue weighted by molar-refractivity contribution is 7.15. The maximum atomic E-state index is 13.5. The van der Waals surface area contributed by atoms with E-state index in [0.29, 0.717) is 28.5 Å². The molecule has 0 aliphatic carbocycles. The molecule has 0 bridgehead atoms. The van der Waals surface area contributed by atoms with Crippen LogP contribution in [0.15, 0.2) is 94.6 Å². The molecule has 44 heavy (non-hydrogen) atoms. The fourth-order valence-corrected chi connectivity index (χ4v) is 5.58. The molecule has 0 N–H and O–H groups in total. The third-order valence-electron chi connectivity index (χ3n) is 7.12. The lowest BCUT2D eigenvalue weighted by atomic mass is 10.1. The molecule has 3 aromatic carbocycles. The summed E-state index contributed by atoms with van der Waals surface area (Å²) in [4.78, 5) is 30.8. The fraction of sp³-hybridized carbons (Fsp3) is 0.206. The Bertz CT molecular complexity index is 2070. The molecule has 10 heteroatoms. The van der Waals surface area contributed by atoms with Gasteiger partial charge in [-0.3, -0.25) is 9.59 Å². The summed E-state index contributed by atoms with van der Waals surface area (Å²) in [7, 11) is 1.60. The molecule has 0 radical (unpaired) electrons. The predicted molar refractivity (Wildman–Crippen MR) is 172 cm³/mol. The first-order valence-corrected chi connectivity index (χ1v) is 15.2. The Balaban J connectivity index is 1.38. The molecule has 222 valence electrons. The number of ether oxygens (including phenoxy) is 2. The molecule has 6 aromatic rings. The summed E-state index contributed by atoms with van der Waals surface area (Å²) in [5, 5.41) is 9.29. The van der Waals surface area contributed by atoms with Gasteiger partial charge in [-0.2, -0.15) is 19.7 Å². The smallest absolute Gasteiger partial charge is 0.296 e. The van der Waals surface area contributed by atoms with Crippen molar-refractivity contribution in [2.24, 2.45) is 5.92 Å². The van der Waals surface area contributed by atoms with Gasteiger partial charge in [0.05, 0.1) is 23.9 Å². The van der Waals surface area contributed by atoms with Crippen molar-refractivity contribution < 1.29 is 9.47 Å². The van der Waals surface area contributed by atoms with Crippen LogP contribution in [0.25, 0.3) is 28.0 Å². The Hall–Kier alpha value is -5.09. The van der Waals surface area contributed by atoms with E-state index in [1.165, 1.54) is 4.52 Å². The van der Waals surface area contributed by atoms with E-state index in [2.05, 4.69) is 23.9 Å². The lowest BCUT2D eigenvalue weighted by Gasteiger charge is -2.08. The number of hydrogen-bond donors (Lipinski definition) is 0. The van der Waals surface area contributed by atoms with Gasteiger partial charge in [0, 0.05) is 23.7 Å². The minimum atomic E-state index is -0.457. The van der Waals surface area contributed by atoms with E-state index >= 15 is 0 Å². The van der Waals surface area contributed by atoms with Gasteiger partial charge in [-0.25, -0.2) is 4.68 Å². The van der Waals surface area contributed by atoms with Crippen LogP contribution in [0.4, 0.5) is 0 Å². The second-order valence-corrected chi connectivity index (χ2v) is 11.8. The molecule has 0 aliphatic rings. The highest BCUT2D eigenvalue weighted by atomic mass is 32.1. The fourth-order valence-electron chi connectivity index (χ4n) is 4.68. The molecule has 0 amide bonds. The summed E-state index contributed by atoms with van der Waals surface area (Å²) in [6, 6.07) is 24.9. The Morgan fingerprint density at radius 1 is 0.909 bits per heavy atom. The number of thiazole rings is 1. The molecule has 3 heterocycles. The van der Waals surface area contributed by atoms with Gasteiger partial charge in [-0.1, -0.05) is 55.5 Å². The zero-order valence-electron chi connectivity index (χ0n) is 24.6. The van der Waals surface area contributed by atoms with E-state index in [0.717, 1.165) is 45.9 Å². The van der Waals surface area contributed by atoms with E-state index in [4.69, 9.17) is 14.6 Å². The van der Waals surface area contributed by atoms with E-state index in [1.807, 2.05) is 85.1 Å². The van der Waals surface area contributed by atoms with E-state index in [1.54, 1.807) is 17.9 Å². The van der Waals surface area contributed by atoms with Crippen molar-refractivity contribution in [3.63, 3.8) is 0 Å². The first kappa shape index (κ1) is 29.0. The maximum absolute atomic E-state index is 13.5. The highest BCUT2D eigenvalue weighted by Crippen LogP contribution is 2.27. The summed E-state index contributed by atoms with van der Waals surface area (Å²) < 4.78 is 14.5. The predicted octanol–water partition coefficient (Wildman–Crippen LogP) is 4.94. The molecule has 9 nitrogen and oxygen atoms in total. The zero-order chi connectivity index (χ0) is 30.6. The normalized spacial score (nSPS) is 11.9. The average molecular weight is 606 g/mol. The van der Waals surface area contributed by atoms with Gasteiger partial charge >= 0.3 is 0 Å². The van der Waals surface area contributed by atoms with Crippen LogP contribution in [0, 0.1) is 5.92 Å². The summed E-state index contributed by atoms with van der Waals surface area (Å²) in [6.07, 6.45) is 4.90. The van der Waals surface area contributed by atoms with Crippen LogP contribution < -0.4 is 25.1 Å². The maximum Gasteiger partial charge on any atom is 0.296 e. The quantitative estimate of drug-likeness (QED) is 0.218. The van der Waals surface area contributed by atoms with E-state index in [-0.39, 0.29) is 22.6 Å². The molecule has 0 aliphatic heterocycles. The van der Waals surface area contributed by atoms with Gasteiger partial charge in [0.15, 0.2) is 0 Å². The number of rotatable bonds is 10. The van der Waals surface area contributed by atoms with Crippen LogP contribution in [0.2, 0.25) is 0 Å². The van der Waals surface area contributed by atoms with Gasteiger partial charge < -0.3 is 9.47 Å². The largest absolute Gasteiger partial charge is 0.497 e. The number of fused-ring (bicyclic) bond motifs is 1. The zero-order valence-corrected chi connectivity index (χ0v) is 25.5. The minimum absolute atomic E-state index is 0.197. The summed E-state index contributed by atoms with van der Waals surface area (Å²) in [6.45, 7) is 5.00. The third kappa shape index (κ3) is 6.30. The van der Waals surface area contributed by atoms with E-state index < -0.39 is 5.56 Å². The average Bonchev–Trinajstić information content (AvgIpc) is 3.59. The molecule has 0 atom stereocenters. The molecule has 0 unspecified atom stereocenters. The summed E-state index contributed by atoms with van der Waals surface area (Å²) >= 11 is 1.12. The van der Waals surface area contributed by atoms with Crippen LogP contribution >= 0.6 is 11.3 Å². The second kappa shape index (κ2) is 12.6. The molecule has 6 rings (SSSR count). The molecule has 0 saturated carbocycles. The number of nitrogens with zero attached hydrogens (tertiary/aromatic N) is 5. The van der Waals surface area contributed by atoms with Crippen LogP contribution in [0.5, 0.6) is 11.5 Å². The van der Waals surface area contributed by atoms with Gasteiger partial charge in [-0.15, -0.1) is 0 Å². The van der Waals surface area contributed by atoms with Gasteiger partial charge in [-0.05, 0) is 72.5 Å². The first-order chi connectivity index (χ1) is 21.4. The van der Waals surface area contributed by atoms with Crippen molar-refractivity contribution in [1.82, 2.24) is 24.4 Å². The summed E-state index contributed by atoms with van der Waals surface area (Å²) in [5.41, 5.74) is 3.47. The molecular formula is C34H31N5O4S. The SMILES string of the molecule is COc1ccc(Cc2nn3c(=O)c(=Cc4cn(-c5ccccc5)nc4-c4ccc(OCCC(C)C)cc4)sc3nc2=O)cc1. The number of aromatic nitrogens is 5. The Labute approximate surface area is 257 Å². The Kier molecular flexibility index (Phi) is 8.33. The first-order valence-electron chi connectivity index (χ1n) is 14.3. The Morgan fingerprint density at radius 3 is 2.34 bits per heavy atom. The number of hydrogen-bond acceptors (Lipinski definition) is 8. The van der Waals surface area contributed by atoms with Gasteiger partial charge in [0.2, 0.25) is 4.96 Å². The van der Waals surface area contributed by atoms with Crippen molar-refractivity contribution in [3.8, 4) is 28.4 Å². The lowest BCUT2D eigenvalue weighted by molar-refractivity contribution is 0.289. The monoisotopic (exact) mass is 605 g/mol. The van der Waals surface area contributed by atoms with Gasteiger partial charge in [0.1, 0.15) is 22.9 Å². The molecule has 0 saturated heterocycles. The van der Waals surface area contributed by atoms with Crippen molar-refractivity contribution in [2.75, 3.05) is 13.7 Å². The third-order valence-corrected chi connectivity index (χ3v) is 8.08. The summed E-state index contributed by atoms with van der Waals surface area (Å²) in [5.74, 6) is 2.08. The standard InChI is InChI=1S/C34H31N5O4S/c1-22(2)17-18-43-28-15-11-24(12-16-28)31-25(21-38(37-31)26-7-5-4-6-8-26)20-30-33(41)39-34(44-30)35-32(40)29(36-39)19-23-9-13-27(42-3)14-10-23/h4-16,20-22H,17-19H2,1-3H3. The molecule has 0 fully saturated rings. The topological polar surface area (TPSA) is 101 Å². The van der Waals surface area contributed by atoms with Crippen molar-refractivity contribution in [3.05, 3.63) is 127 Å². The van der Waals surface area contributed by atoms with Crippen molar-refractivity contribution >= 4 is 22.4 Å². The minimum Gasteiger partial charge on any atom is -0.497 e. The van der Waals surface area contributed by atoms with Crippen molar-refractivity contribution in [1.29, 1.82) is 0 Å². The van der Waals surface area contributed by atoms with Gasteiger partial charge in [0.25, 0.3) is 11.1 Å². The van der Waals surface area contributed by atoms with Crippen LogP contribution in [0.1, 0.15) is 37.1 Å². The molecule has 3 aromatic heterocycles. The Morgan fingerprint density at radius 2 is 1.64 bits per heavy atom. The van der Waals surface area contributed by atoms with Crippen LogP contribution in [-0.2, 0) is 6.42 Å². The number of methoxy groups -OCH3 is 1. The van der Waals surface area contributed by atoms with Crippen LogP contribution in [0.3, 0.4) is 0 Å². The van der Waals surface area contributed by atoms with E-state index in [9.17, 15) is 9.59 Å².